The summed E-state index contributed by atoms with van der Waals surface area (Å²) in [5.74, 6) is -0.665. The van der Waals surface area contributed by atoms with Gasteiger partial charge < -0.3 is 40.2 Å². The van der Waals surface area contributed by atoms with Crippen molar-refractivity contribution >= 4 is 27.6 Å². The lowest BCUT2D eigenvalue weighted by Gasteiger charge is -2.48. The quantitative estimate of drug-likeness (QED) is 0.229. The number of hydrogen-bond acceptors (Lipinski definition) is 7. The molecule has 1 saturated heterocycles. The van der Waals surface area contributed by atoms with Gasteiger partial charge in [-0.2, -0.15) is 0 Å². The van der Waals surface area contributed by atoms with Gasteiger partial charge in [-0.15, -0.1) is 0 Å². The van der Waals surface area contributed by atoms with Crippen LogP contribution < -0.4 is 5.32 Å². The van der Waals surface area contributed by atoms with Crippen LogP contribution >= 0.6 is 0 Å². The van der Waals surface area contributed by atoms with Gasteiger partial charge in [0, 0.05) is 23.6 Å². The van der Waals surface area contributed by atoms with Crippen LogP contribution in [-0.2, 0) is 11.3 Å². The minimum absolute atomic E-state index is 0.278. The van der Waals surface area contributed by atoms with Gasteiger partial charge in [-0.25, -0.2) is 0 Å². The predicted octanol–water partition coefficient (Wildman–Crippen LogP) is 1.04. The Morgan fingerprint density at radius 2 is 1.78 bits per heavy atom. The van der Waals surface area contributed by atoms with Crippen LogP contribution in [0.15, 0.2) is 66.9 Å². The first-order chi connectivity index (χ1) is 17.8. The molecule has 9 heteroatoms. The molecule has 1 aliphatic heterocycles. The average molecular weight is 507 g/mol. The second-order valence-electron chi connectivity index (χ2n) is 9.62. The first-order valence-electron chi connectivity index (χ1n) is 12.1. The SMILES string of the molecule is Cc1cccc2c1c(C(=O)N[C@@]1(CO)C(O)OC(CO)C(O)C1O)cn2Cc1ccc2ccccc2c1. The van der Waals surface area contributed by atoms with Gasteiger partial charge in [-0.05, 0) is 41.0 Å². The zero-order valence-corrected chi connectivity index (χ0v) is 20.3. The van der Waals surface area contributed by atoms with Gasteiger partial charge >= 0.3 is 0 Å². The molecular formula is C28H30N2O7. The molecule has 0 bridgehead atoms. The van der Waals surface area contributed by atoms with Crippen molar-refractivity contribution in [1.82, 2.24) is 9.88 Å². The molecule has 4 unspecified atom stereocenters. The van der Waals surface area contributed by atoms with Crippen LogP contribution in [0.5, 0.6) is 0 Å². The van der Waals surface area contributed by atoms with Crippen molar-refractivity contribution in [2.45, 2.75) is 43.6 Å². The summed E-state index contributed by atoms with van der Waals surface area (Å²) in [5, 5.41) is 56.6. The maximum Gasteiger partial charge on any atom is 0.254 e. The van der Waals surface area contributed by atoms with Crippen LogP contribution in [0, 0.1) is 6.92 Å². The normalized spacial score (nSPS) is 26.0. The van der Waals surface area contributed by atoms with E-state index in [2.05, 4.69) is 17.4 Å². The molecule has 2 heterocycles. The van der Waals surface area contributed by atoms with Crippen molar-refractivity contribution in [1.29, 1.82) is 0 Å². The van der Waals surface area contributed by atoms with Crippen LogP contribution in [-0.4, -0.2) is 79.4 Å². The Bertz CT molecular complexity index is 1450. The van der Waals surface area contributed by atoms with Crippen LogP contribution in [0.25, 0.3) is 21.7 Å². The molecule has 5 atom stereocenters. The summed E-state index contributed by atoms with van der Waals surface area (Å²) in [5.41, 5.74) is 0.884. The zero-order chi connectivity index (χ0) is 26.3. The van der Waals surface area contributed by atoms with E-state index in [0.29, 0.717) is 11.9 Å². The molecule has 5 rings (SSSR count). The van der Waals surface area contributed by atoms with Gasteiger partial charge in [-0.1, -0.05) is 48.5 Å². The molecule has 194 valence electrons. The van der Waals surface area contributed by atoms with E-state index in [9.17, 15) is 30.3 Å². The van der Waals surface area contributed by atoms with Gasteiger partial charge in [0.1, 0.15) is 23.9 Å². The van der Waals surface area contributed by atoms with Crippen molar-refractivity contribution in [3.8, 4) is 0 Å². The third-order valence-corrected chi connectivity index (χ3v) is 7.29. The minimum Gasteiger partial charge on any atom is -0.394 e. The number of rotatable bonds is 6. The molecule has 0 radical (unpaired) electrons. The summed E-state index contributed by atoms with van der Waals surface area (Å²) < 4.78 is 7.16. The van der Waals surface area contributed by atoms with E-state index in [1.165, 1.54) is 0 Å². The standard InChI is InChI=1S/C28H30N2O7/c1-16-5-4-8-21-23(16)20(13-30(21)12-17-9-10-18-6-2-3-7-19(18)11-17)26(35)29-28(15-32)25(34)24(33)22(14-31)37-27(28)36/h2-11,13,22,24-25,27,31-34,36H,12,14-15H2,1H3,(H,29,35)/t22?,24?,25?,27?,28-/m1/s1. The number of ether oxygens (including phenoxy) is 1. The molecule has 6 N–H and O–H groups in total. The second-order valence-corrected chi connectivity index (χ2v) is 9.62. The number of hydrogen-bond donors (Lipinski definition) is 6. The highest BCUT2D eigenvalue weighted by molar-refractivity contribution is 6.08. The first-order valence-corrected chi connectivity index (χ1v) is 12.1. The van der Waals surface area contributed by atoms with Gasteiger partial charge in [-0.3, -0.25) is 4.79 Å². The van der Waals surface area contributed by atoms with Crippen molar-refractivity contribution < 1.29 is 35.1 Å². The number of carbonyl (C=O) groups is 1. The Morgan fingerprint density at radius 1 is 1.03 bits per heavy atom. The summed E-state index contributed by atoms with van der Waals surface area (Å²) in [7, 11) is 0. The highest BCUT2D eigenvalue weighted by Crippen LogP contribution is 2.31. The number of aryl methyl sites for hydroxylation is 1. The summed E-state index contributed by atoms with van der Waals surface area (Å²) in [4.78, 5) is 13.6. The molecule has 3 aromatic carbocycles. The Kier molecular flexibility index (Phi) is 6.76. The maximum atomic E-state index is 13.6. The number of carbonyl (C=O) groups excluding carboxylic acids is 1. The Labute approximate surface area is 213 Å². The van der Waals surface area contributed by atoms with Crippen molar-refractivity contribution in [2.24, 2.45) is 0 Å². The van der Waals surface area contributed by atoms with E-state index in [1.807, 2.05) is 60.0 Å². The fourth-order valence-electron chi connectivity index (χ4n) is 5.17. The topological polar surface area (TPSA) is 144 Å². The molecule has 9 nitrogen and oxygen atoms in total. The van der Waals surface area contributed by atoms with Crippen molar-refractivity contribution in [2.75, 3.05) is 13.2 Å². The minimum atomic E-state index is -2.10. The fourth-order valence-corrected chi connectivity index (χ4v) is 5.17. The van der Waals surface area contributed by atoms with E-state index in [1.54, 1.807) is 6.20 Å². The monoisotopic (exact) mass is 506 g/mol. The van der Waals surface area contributed by atoms with Crippen LogP contribution in [0.2, 0.25) is 0 Å². The van der Waals surface area contributed by atoms with Crippen LogP contribution in [0.3, 0.4) is 0 Å². The number of nitrogens with one attached hydrogen (secondary N) is 1. The molecule has 1 fully saturated rings. The highest BCUT2D eigenvalue weighted by Gasteiger charge is 2.56. The number of amides is 1. The van der Waals surface area contributed by atoms with Gasteiger partial charge in [0.2, 0.25) is 0 Å². The van der Waals surface area contributed by atoms with Crippen LogP contribution in [0.4, 0.5) is 0 Å². The Hall–Kier alpha value is -3.31. The number of nitrogens with zero attached hydrogens (tertiary/aromatic N) is 1. The van der Waals surface area contributed by atoms with Crippen molar-refractivity contribution in [3.63, 3.8) is 0 Å². The van der Waals surface area contributed by atoms with Crippen molar-refractivity contribution in [3.05, 3.63) is 83.6 Å². The predicted molar refractivity (Wildman–Crippen MR) is 137 cm³/mol. The smallest absolute Gasteiger partial charge is 0.254 e. The molecule has 0 spiro atoms. The first kappa shape index (κ1) is 25.3. The number of benzene rings is 3. The van der Waals surface area contributed by atoms with Crippen LogP contribution in [0.1, 0.15) is 21.5 Å². The molecular weight excluding hydrogens is 476 g/mol. The third-order valence-electron chi connectivity index (χ3n) is 7.29. The van der Waals surface area contributed by atoms with E-state index in [4.69, 9.17) is 4.74 Å². The average Bonchev–Trinajstić information content (AvgIpc) is 3.28. The maximum absolute atomic E-state index is 13.6. The Morgan fingerprint density at radius 3 is 2.51 bits per heavy atom. The molecule has 4 aromatic rings. The molecule has 1 aliphatic rings. The number of fused-ring (bicyclic) bond motifs is 2. The number of aliphatic hydroxyl groups excluding tert-OH is 5. The number of aliphatic hydroxyl groups is 5. The lowest BCUT2D eigenvalue weighted by atomic mass is 9.83. The summed E-state index contributed by atoms with van der Waals surface area (Å²) in [6.07, 6.45) is -4.88. The van der Waals surface area contributed by atoms with Gasteiger partial charge in [0.05, 0.1) is 18.8 Å². The van der Waals surface area contributed by atoms with E-state index in [-0.39, 0.29) is 5.56 Å². The summed E-state index contributed by atoms with van der Waals surface area (Å²) in [6, 6.07) is 19.9. The number of aromatic nitrogens is 1. The molecule has 37 heavy (non-hydrogen) atoms. The van der Waals surface area contributed by atoms with Gasteiger partial charge in [0.25, 0.3) is 5.91 Å². The second kappa shape index (κ2) is 9.86. The van der Waals surface area contributed by atoms with E-state index >= 15 is 0 Å². The van der Waals surface area contributed by atoms with E-state index < -0.39 is 49.3 Å². The lowest BCUT2D eigenvalue weighted by molar-refractivity contribution is -0.288. The third kappa shape index (κ3) is 4.29. The molecule has 1 amide bonds. The molecule has 1 aromatic heterocycles. The van der Waals surface area contributed by atoms with Gasteiger partial charge in [0.15, 0.2) is 6.29 Å². The van der Waals surface area contributed by atoms with E-state index in [0.717, 1.165) is 27.4 Å². The largest absolute Gasteiger partial charge is 0.394 e. The fraction of sp³-hybridized carbons (Fsp3) is 0.321. The highest BCUT2D eigenvalue weighted by atomic mass is 16.6. The Balaban J connectivity index is 1.52. The lowest BCUT2D eigenvalue weighted by Crippen LogP contribution is -2.74. The zero-order valence-electron chi connectivity index (χ0n) is 20.3. The summed E-state index contributed by atoms with van der Waals surface area (Å²) in [6.45, 7) is 0.802. The molecule has 0 aliphatic carbocycles. The molecule has 0 saturated carbocycles. The summed E-state index contributed by atoms with van der Waals surface area (Å²) >= 11 is 0.